The molecule has 1 nitrogen and oxygen atoms in total. The van der Waals surface area contributed by atoms with Gasteiger partial charge in [0.15, 0.2) is 13.9 Å². The Labute approximate surface area is 101 Å². The van der Waals surface area contributed by atoms with Crippen LogP contribution in [0.3, 0.4) is 0 Å². The maximum atomic E-state index is 13.2. The Balaban J connectivity index is 3.22. The van der Waals surface area contributed by atoms with E-state index >= 15 is 0 Å². The van der Waals surface area contributed by atoms with Gasteiger partial charge in [0, 0.05) is 0 Å². The topological polar surface area (TPSA) is 9.23 Å². The van der Waals surface area contributed by atoms with Gasteiger partial charge < -0.3 is 4.43 Å². The predicted molar refractivity (Wildman–Crippen MR) is 64.3 cm³/mol. The van der Waals surface area contributed by atoms with Gasteiger partial charge in [0.25, 0.3) is 0 Å². The van der Waals surface area contributed by atoms with Gasteiger partial charge in [-0.2, -0.15) is 13.2 Å². The standard InChI is InChI=1S/C12H17F3OSi/c1-11(12(13,14)15,16-17(2,3)4)10-8-6-5-7-9-10/h5-9H,1-4H3. The zero-order valence-corrected chi connectivity index (χ0v) is 11.4. The van der Waals surface area contributed by atoms with Crippen LogP contribution in [0, 0.1) is 0 Å². The summed E-state index contributed by atoms with van der Waals surface area (Å²) in [6.07, 6.45) is -4.42. The maximum absolute atomic E-state index is 13.2. The van der Waals surface area contributed by atoms with Gasteiger partial charge in [0.2, 0.25) is 0 Å². The van der Waals surface area contributed by atoms with Crippen molar-refractivity contribution in [3.63, 3.8) is 0 Å². The smallest absolute Gasteiger partial charge is 0.401 e. The lowest BCUT2D eigenvalue weighted by atomic mass is 9.96. The van der Waals surface area contributed by atoms with E-state index in [1.807, 2.05) is 0 Å². The summed E-state index contributed by atoms with van der Waals surface area (Å²) >= 11 is 0. The SMILES string of the molecule is CC(O[Si](C)(C)C)(c1ccccc1)C(F)(F)F. The van der Waals surface area contributed by atoms with Crippen LogP contribution in [-0.4, -0.2) is 14.5 Å². The third-order valence-electron chi connectivity index (χ3n) is 2.38. The minimum Gasteiger partial charge on any atom is -0.401 e. The average molecular weight is 262 g/mol. The van der Waals surface area contributed by atoms with Crippen LogP contribution < -0.4 is 0 Å². The fourth-order valence-corrected chi connectivity index (χ4v) is 3.11. The summed E-state index contributed by atoms with van der Waals surface area (Å²) < 4.78 is 45.0. The summed E-state index contributed by atoms with van der Waals surface area (Å²) in [6.45, 7) is 6.35. The Morgan fingerprint density at radius 3 is 1.82 bits per heavy atom. The molecule has 1 rings (SSSR count). The predicted octanol–water partition coefficient (Wildman–Crippen LogP) is 4.32. The summed E-state index contributed by atoms with van der Waals surface area (Å²) in [5.41, 5.74) is -2.08. The molecule has 5 heteroatoms. The highest BCUT2D eigenvalue weighted by Crippen LogP contribution is 2.43. The van der Waals surface area contributed by atoms with Gasteiger partial charge in [-0.25, -0.2) is 0 Å². The van der Waals surface area contributed by atoms with E-state index in [1.54, 1.807) is 37.8 Å². The second-order valence-electron chi connectivity index (χ2n) is 5.11. The number of hydrogen-bond donors (Lipinski definition) is 0. The number of rotatable bonds is 3. The average Bonchev–Trinajstić information content (AvgIpc) is 2.14. The van der Waals surface area contributed by atoms with E-state index in [4.69, 9.17) is 4.43 Å². The zero-order valence-electron chi connectivity index (χ0n) is 10.4. The largest absolute Gasteiger partial charge is 0.420 e. The fourth-order valence-electron chi connectivity index (χ4n) is 1.65. The molecule has 0 bridgehead atoms. The van der Waals surface area contributed by atoms with Crippen molar-refractivity contribution in [2.75, 3.05) is 0 Å². The van der Waals surface area contributed by atoms with Crippen LogP contribution in [0.2, 0.25) is 19.6 Å². The number of halogens is 3. The van der Waals surface area contributed by atoms with Crippen molar-refractivity contribution < 1.29 is 17.6 Å². The molecule has 0 saturated heterocycles. The van der Waals surface area contributed by atoms with Crippen molar-refractivity contribution in [2.24, 2.45) is 0 Å². The summed E-state index contributed by atoms with van der Waals surface area (Å²) in [5, 5.41) is 0. The van der Waals surface area contributed by atoms with E-state index < -0.39 is 20.1 Å². The van der Waals surface area contributed by atoms with E-state index in [0.717, 1.165) is 6.92 Å². The molecule has 96 valence electrons. The van der Waals surface area contributed by atoms with Crippen LogP contribution in [-0.2, 0) is 10.0 Å². The molecule has 0 saturated carbocycles. The third-order valence-corrected chi connectivity index (χ3v) is 3.40. The lowest BCUT2D eigenvalue weighted by Crippen LogP contribution is -2.48. The Bertz CT molecular complexity index is 370. The third kappa shape index (κ3) is 3.32. The van der Waals surface area contributed by atoms with Crippen LogP contribution in [0.1, 0.15) is 12.5 Å². The molecule has 0 aliphatic heterocycles. The molecule has 0 N–H and O–H groups in total. The molecule has 0 radical (unpaired) electrons. The first-order valence-electron chi connectivity index (χ1n) is 5.39. The molecule has 1 aromatic rings. The van der Waals surface area contributed by atoms with Gasteiger partial charge in [0.05, 0.1) is 0 Å². The summed E-state index contributed by atoms with van der Waals surface area (Å²) in [7, 11) is -2.31. The molecule has 0 amide bonds. The number of benzene rings is 1. The second-order valence-corrected chi connectivity index (χ2v) is 9.54. The summed E-state index contributed by atoms with van der Waals surface area (Å²) in [4.78, 5) is 0. The van der Waals surface area contributed by atoms with Gasteiger partial charge in [-0.15, -0.1) is 0 Å². The summed E-state index contributed by atoms with van der Waals surface area (Å²) in [5.74, 6) is 0. The molecule has 17 heavy (non-hydrogen) atoms. The highest BCUT2D eigenvalue weighted by atomic mass is 28.4. The minimum atomic E-state index is -4.42. The molecular formula is C12H17F3OSi. The normalized spacial score (nSPS) is 16.6. The lowest BCUT2D eigenvalue weighted by molar-refractivity contribution is -0.250. The van der Waals surface area contributed by atoms with Gasteiger partial charge in [-0.1, -0.05) is 30.3 Å². The van der Waals surface area contributed by atoms with E-state index in [1.165, 1.54) is 12.1 Å². The molecule has 1 atom stereocenters. The van der Waals surface area contributed by atoms with Gasteiger partial charge in [0.1, 0.15) is 0 Å². The first-order valence-corrected chi connectivity index (χ1v) is 8.79. The Morgan fingerprint density at radius 1 is 1.00 bits per heavy atom. The first kappa shape index (κ1) is 14.2. The Morgan fingerprint density at radius 2 is 1.47 bits per heavy atom. The van der Waals surface area contributed by atoms with Gasteiger partial charge in [-0.3, -0.25) is 0 Å². The highest BCUT2D eigenvalue weighted by molar-refractivity contribution is 6.69. The molecule has 0 spiro atoms. The molecule has 0 fully saturated rings. The number of alkyl halides is 3. The van der Waals surface area contributed by atoms with E-state index in [2.05, 4.69) is 0 Å². The number of hydrogen-bond acceptors (Lipinski definition) is 1. The van der Waals surface area contributed by atoms with Crippen LogP contribution in [0.25, 0.3) is 0 Å². The monoisotopic (exact) mass is 262 g/mol. The fraction of sp³-hybridized carbons (Fsp3) is 0.500. The van der Waals surface area contributed by atoms with E-state index in [9.17, 15) is 13.2 Å². The van der Waals surface area contributed by atoms with Crippen molar-refractivity contribution in [3.8, 4) is 0 Å². The molecule has 1 aromatic carbocycles. The Kier molecular flexibility index (Phi) is 3.74. The minimum absolute atomic E-state index is 0.148. The highest BCUT2D eigenvalue weighted by Gasteiger charge is 2.55. The molecular weight excluding hydrogens is 245 g/mol. The molecule has 1 unspecified atom stereocenters. The van der Waals surface area contributed by atoms with Crippen molar-refractivity contribution >= 4 is 8.32 Å². The zero-order chi connectivity index (χ0) is 13.3. The van der Waals surface area contributed by atoms with E-state index in [-0.39, 0.29) is 5.56 Å². The second kappa shape index (κ2) is 4.46. The lowest BCUT2D eigenvalue weighted by Gasteiger charge is -2.38. The van der Waals surface area contributed by atoms with Crippen molar-refractivity contribution in [3.05, 3.63) is 35.9 Å². The van der Waals surface area contributed by atoms with E-state index in [0.29, 0.717) is 0 Å². The summed E-state index contributed by atoms with van der Waals surface area (Å²) in [6, 6.07) is 7.77. The van der Waals surface area contributed by atoms with Crippen molar-refractivity contribution in [2.45, 2.75) is 38.3 Å². The van der Waals surface area contributed by atoms with Crippen LogP contribution in [0.15, 0.2) is 30.3 Å². The van der Waals surface area contributed by atoms with Gasteiger partial charge in [-0.05, 0) is 32.1 Å². The van der Waals surface area contributed by atoms with Crippen molar-refractivity contribution in [1.82, 2.24) is 0 Å². The molecule has 0 heterocycles. The maximum Gasteiger partial charge on any atom is 0.420 e. The Hall–Kier alpha value is -0.813. The van der Waals surface area contributed by atoms with Crippen LogP contribution in [0.4, 0.5) is 13.2 Å². The van der Waals surface area contributed by atoms with Crippen LogP contribution in [0.5, 0.6) is 0 Å². The molecule has 0 aliphatic carbocycles. The van der Waals surface area contributed by atoms with Crippen LogP contribution >= 0.6 is 0 Å². The van der Waals surface area contributed by atoms with Crippen molar-refractivity contribution in [1.29, 1.82) is 0 Å². The van der Waals surface area contributed by atoms with Gasteiger partial charge >= 0.3 is 6.18 Å². The molecule has 0 aliphatic rings. The quantitative estimate of drug-likeness (QED) is 0.737. The molecule has 0 aromatic heterocycles. The first-order chi connectivity index (χ1) is 7.56.